The fourth-order valence-corrected chi connectivity index (χ4v) is 1.77. The predicted molar refractivity (Wildman–Crippen MR) is 74.9 cm³/mol. The number of carbonyl (C=O) groups excluding carboxylic acids is 1. The van der Waals surface area contributed by atoms with Crippen molar-refractivity contribution in [2.75, 3.05) is 10.6 Å². The highest BCUT2D eigenvalue weighted by Crippen LogP contribution is 2.20. The van der Waals surface area contributed by atoms with Crippen molar-refractivity contribution < 1.29 is 13.6 Å². The molecule has 0 radical (unpaired) electrons. The monoisotopic (exact) mass is 276 g/mol. The highest BCUT2D eigenvalue weighted by molar-refractivity contribution is 6.00. The van der Waals surface area contributed by atoms with E-state index in [0.29, 0.717) is 5.69 Å². The zero-order chi connectivity index (χ0) is 14.7. The van der Waals surface area contributed by atoms with Gasteiger partial charge in [0.1, 0.15) is 17.3 Å². The smallest absolute Gasteiger partial charge is 0.307 e. The SMILES string of the molecule is Cc1cccc(NC(=O)Nc2c(F)cccc2F)c1C. The van der Waals surface area contributed by atoms with E-state index >= 15 is 0 Å². The molecule has 0 saturated carbocycles. The van der Waals surface area contributed by atoms with Gasteiger partial charge in [0.15, 0.2) is 0 Å². The van der Waals surface area contributed by atoms with Crippen LogP contribution in [0, 0.1) is 25.5 Å². The van der Waals surface area contributed by atoms with Crippen LogP contribution >= 0.6 is 0 Å². The van der Waals surface area contributed by atoms with E-state index < -0.39 is 23.4 Å². The Morgan fingerprint density at radius 3 is 2.20 bits per heavy atom. The van der Waals surface area contributed by atoms with Gasteiger partial charge in [0, 0.05) is 5.69 Å². The van der Waals surface area contributed by atoms with E-state index in [2.05, 4.69) is 10.6 Å². The molecule has 0 atom stereocenters. The second-order valence-electron chi connectivity index (χ2n) is 4.42. The summed E-state index contributed by atoms with van der Waals surface area (Å²) in [5.41, 5.74) is 2.05. The number of amides is 2. The van der Waals surface area contributed by atoms with Crippen LogP contribution in [-0.2, 0) is 0 Å². The maximum absolute atomic E-state index is 13.4. The first-order valence-electron chi connectivity index (χ1n) is 6.07. The highest BCUT2D eigenvalue weighted by Gasteiger charge is 2.12. The normalized spacial score (nSPS) is 10.2. The van der Waals surface area contributed by atoms with Crippen molar-refractivity contribution >= 4 is 17.4 Å². The van der Waals surface area contributed by atoms with Crippen LogP contribution in [0.1, 0.15) is 11.1 Å². The van der Waals surface area contributed by atoms with Crippen molar-refractivity contribution in [2.45, 2.75) is 13.8 Å². The van der Waals surface area contributed by atoms with E-state index in [9.17, 15) is 13.6 Å². The number of nitrogens with one attached hydrogen (secondary N) is 2. The zero-order valence-corrected chi connectivity index (χ0v) is 11.1. The van der Waals surface area contributed by atoms with Gasteiger partial charge in [0.05, 0.1) is 0 Å². The van der Waals surface area contributed by atoms with Crippen molar-refractivity contribution in [1.82, 2.24) is 0 Å². The lowest BCUT2D eigenvalue weighted by atomic mass is 10.1. The third-order valence-electron chi connectivity index (χ3n) is 3.05. The molecule has 2 amide bonds. The van der Waals surface area contributed by atoms with Crippen molar-refractivity contribution in [1.29, 1.82) is 0 Å². The summed E-state index contributed by atoms with van der Waals surface area (Å²) in [6, 6.07) is 8.13. The minimum absolute atomic E-state index is 0.463. The van der Waals surface area contributed by atoms with Gasteiger partial charge in [-0.1, -0.05) is 18.2 Å². The van der Waals surface area contributed by atoms with E-state index in [1.54, 1.807) is 12.1 Å². The summed E-state index contributed by atoms with van der Waals surface area (Å²) in [4.78, 5) is 11.8. The Morgan fingerprint density at radius 2 is 1.55 bits per heavy atom. The Kier molecular flexibility index (Phi) is 3.98. The first-order chi connectivity index (χ1) is 9.49. The van der Waals surface area contributed by atoms with Crippen molar-refractivity contribution in [3.05, 3.63) is 59.2 Å². The minimum Gasteiger partial charge on any atom is -0.307 e. The van der Waals surface area contributed by atoms with E-state index in [1.807, 2.05) is 19.9 Å². The van der Waals surface area contributed by atoms with Crippen LogP contribution in [0.4, 0.5) is 25.0 Å². The Bertz CT molecular complexity index is 636. The van der Waals surface area contributed by atoms with E-state index in [-0.39, 0.29) is 0 Å². The Hall–Kier alpha value is -2.43. The zero-order valence-electron chi connectivity index (χ0n) is 11.1. The molecule has 2 rings (SSSR count). The molecule has 0 heterocycles. The van der Waals surface area contributed by atoms with Gasteiger partial charge in [-0.05, 0) is 43.2 Å². The Balaban J connectivity index is 2.16. The van der Waals surface area contributed by atoms with Gasteiger partial charge in [-0.25, -0.2) is 13.6 Å². The largest absolute Gasteiger partial charge is 0.323 e. The molecule has 0 fully saturated rings. The standard InChI is InChI=1S/C15H14F2N2O/c1-9-5-3-8-13(10(9)2)18-15(20)19-14-11(16)6-4-7-12(14)17/h3-8H,1-2H3,(H2,18,19,20). The predicted octanol–water partition coefficient (Wildman–Crippen LogP) is 4.23. The van der Waals surface area contributed by atoms with Crippen LogP contribution in [0.25, 0.3) is 0 Å². The van der Waals surface area contributed by atoms with Gasteiger partial charge < -0.3 is 10.6 Å². The molecule has 0 aliphatic carbocycles. The van der Waals surface area contributed by atoms with Gasteiger partial charge in [0.25, 0.3) is 0 Å². The molecular weight excluding hydrogens is 262 g/mol. The van der Waals surface area contributed by atoms with E-state index in [4.69, 9.17) is 0 Å². The molecule has 2 aromatic rings. The summed E-state index contributed by atoms with van der Waals surface area (Å²) in [6.45, 7) is 3.77. The molecule has 0 saturated heterocycles. The Labute approximate surface area is 115 Å². The van der Waals surface area contributed by atoms with Crippen molar-refractivity contribution in [3.63, 3.8) is 0 Å². The number of halogens is 2. The van der Waals surface area contributed by atoms with Gasteiger partial charge in [-0.3, -0.25) is 0 Å². The fraction of sp³-hybridized carbons (Fsp3) is 0.133. The molecule has 0 aliphatic heterocycles. The molecule has 5 heteroatoms. The third kappa shape index (κ3) is 2.93. The molecule has 2 aromatic carbocycles. The maximum Gasteiger partial charge on any atom is 0.323 e. The molecule has 20 heavy (non-hydrogen) atoms. The maximum atomic E-state index is 13.4. The molecule has 0 bridgehead atoms. The summed E-state index contributed by atoms with van der Waals surface area (Å²) in [7, 11) is 0. The van der Waals surface area contributed by atoms with Gasteiger partial charge in [-0.2, -0.15) is 0 Å². The second kappa shape index (κ2) is 5.69. The Morgan fingerprint density at radius 1 is 0.950 bits per heavy atom. The molecule has 0 unspecified atom stereocenters. The van der Waals surface area contributed by atoms with Crippen LogP contribution in [0.2, 0.25) is 0 Å². The first kappa shape index (κ1) is 14.0. The number of carbonyl (C=O) groups is 1. The van der Waals surface area contributed by atoms with E-state index in [1.165, 1.54) is 6.07 Å². The molecule has 104 valence electrons. The summed E-state index contributed by atoms with van der Waals surface area (Å²) in [5, 5.41) is 4.74. The van der Waals surface area contributed by atoms with Crippen LogP contribution in [0.5, 0.6) is 0 Å². The minimum atomic E-state index is -0.818. The number of benzene rings is 2. The summed E-state index contributed by atoms with van der Waals surface area (Å²) < 4.78 is 26.8. The van der Waals surface area contributed by atoms with Crippen molar-refractivity contribution in [2.24, 2.45) is 0 Å². The average Bonchev–Trinajstić information content (AvgIpc) is 2.39. The molecule has 0 aliphatic rings. The number of rotatable bonds is 2. The van der Waals surface area contributed by atoms with Gasteiger partial charge in [0.2, 0.25) is 0 Å². The van der Waals surface area contributed by atoms with Crippen LogP contribution in [0.3, 0.4) is 0 Å². The van der Waals surface area contributed by atoms with Crippen LogP contribution < -0.4 is 10.6 Å². The highest BCUT2D eigenvalue weighted by atomic mass is 19.1. The quantitative estimate of drug-likeness (QED) is 0.847. The summed E-state index contributed by atoms with van der Waals surface area (Å²) in [5.74, 6) is -1.64. The summed E-state index contributed by atoms with van der Waals surface area (Å²) >= 11 is 0. The summed E-state index contributed by atoms with van der Waals surface area (Å²) in [6.07, 6.45) is 0. The number of para-hydroxylation sites is 1. The van der Waals surface area contributed by atoms with Gasteiger partial charge >= 0.3 is 6.03 Å². The molecule has 0 aromatic heterocycles. The number of aryl methyl sites for hydroxylation is 1. The van der Waals surface area contributed by atoms with Gasteiger partial charge in [-0.15, -0.1) is 0 Å². The number of anilines is 2. The molecular formula is C15H14F2N2O. The lowest BCUT2D eigenvalue weighted by molar-refractivity contribution is 0.262. The number of hydrogen-bond donors (Lipinski definition) is 2. The lowest BCUT2D eigenvalue weighted by Crippen LogP contribution is -2.21. The number of urea groups is 1. The lowest BCUT2D eigenvalue weighted by Gasteiger charge is -2.12. The first-order valence-corrected chi connectivity index (χ1v) is 6.07. The van der Waals surface area contributed by atoms with E-state index in [0.717, 1.165) is 23.3 Å². The fourth-order valence-electron chi connectivity index (χ4n) is 1.77. The average molecular weight is 276 g/mol. The topological polar surface area (TPSA) is 41.1 Å². The molecule has 2 N–H and O–H groups in total. The number of hydrogen-bond acceptors (Lipinski definition) is 1. The van der Waals surface area contributed by atoms with Crippen LogP contribution in [-0.4, -0.2) is 6.03 Å². The molecule has 0 spiro atoms. The van der Waals surface area contributed by atoms with Crippen LogP contribution in [0.15, 0.2) is 36.4 Å². The third-order valence-corrected chi connectivity index (χ3v) is 3.05. The van der Waals surface area contributed by atoms with Crippen molar-refractivity contribution in [3.8, 4) is 0 Å². The molecule has 3 nitrogen and oxygen atoms in total. The second-order valence-corrected chi connectivity index (χ2v) is 4.42.